The van der Waals surface area contributed by atoms with Gasteiger partial charge in [0.25, 0.3) is 0 Å². The van der Waals surface area contributed by atoms with Gasteiger partial charge in [-0.3, -0.25) is 0 Å². The number of urea groups is 1. The van der Waals surface area contributed by atoms with Crippen LogP contribution in [-0.4, -0.2) is 43.2 Å². The molecule has 5 nitrogen and oxygen atoms in total. The number of rotatable bonds is 2. The van der Waals surface area contributed by atoms with Crippen LogP contribution in [0, 0.1) is 5.92 Å². The van der Waals surface area contributed by atoms with Gasteiger partial charge in [-0.2, -0.15) is 0 Å². The molecule has 20 heavy (non-hydrogen) atoms. The van der Waals surface area contributed by atoms with E-state index in [9.17, 15) is 4.79 Å². The monoisotopic (exact) mass is 275 g/mol. The van der Waals surface area contributed by atoms with E-state index in [0.29, 0.717) is 18.0 Å². The lowest BCUT2D eigenvalue weighted by Gasteiger charge is -2.27. The van der Waals surface area contributed by atoms with Gasteiger partial charge in [-0.25, -0.2) is 4.79 Å². The van der Waals surface area contributed by atoms with Crippen LogP contribution in [0.5, 0.6) is 5.75 Å². The third-order valence-electron chi connectivity index (χ3n) is 4.36. The molecule has 0 aromatic heterocycles. The molecule has 1 aromatic rings. The fourth-order valence-electron chi connectivity index (χ4n) is 3.38. The number of nitrogens with zero attached hydrogens (tertiary/aromatic N) is 1. The summed E-state index contributed by atoms with van der Waals surface area (Å²) in [6, 6.07) is 8.07. The molecule has 0 aliphatic carbocycles. The summed E-state index contributed by atoms with van der Waals surface area (Å²) in [7, 11) is 1.63. The Bertz CT molecular complexity index is 488. The number of nitrogens with one attached hydrogen (secondary N) is 2. The number of hydrogen-bond donors (Lipinski definition) is 2. The fraction of sp³-hybridized carbons (Fsp3) is 0.533. The molecule has 0 bridgehead atoms. The Hall–Kier alpha value is -1.75. The molecule has 1 aromatic carbocycles. The molecule has 5 heteroatoms. The number of carbonyl (C=O) groups excluding carboxylic acids is 1. The van der Waals surface area contributed by atoms with E-state index in [1.165, 1.54) is 0 Å². The second-order valence-electron chi connectivity index (χ2n) is 5.64. The minimum Gasteiger partial charge on any atom is -0.497 e. The maximum Gasteiger partial charge on any atom is 0.322 e. The summed E-state index contributed by atoms with van der Waals surface area (Å²) < 4.78 is 5.12. The predicted octanol–water partition coefficient (Wildman–Crippen LogP) is 1.91. The topological polar surface area (TPSA) is 53.6 Å². The first kappa shape index (κ1) is 13.2. The summed E-state index contributed by atoms with van der Waals surface area (Å²) >= 11 is 0. The van der Waals surface area contributed by atoms with Crippen molar-refractivity contribution in [1.29, 1.82) is 0 Å². The molecule has 0 spiro atoms. The number of hydrogen-bond acceptors (Lipinski definition) is 3. The summed E-state index contributed by atoms with van der Waals surface area (Å²) in [5.74, 6) is 1.39. The molecule has 2 aliphatic rings. The summed E-state index contributed by atoms with van der Waals surface area (Å²) in [5.41, 5.74) is 0.803. The largest absolute Gasteiger partial charge is 0.497 e. The van der Waals surface area contributed by atoms with Gasteiger partial charge < -0.3 is 20.3 Å². The first-order valence-electron chi connectivity index (χ1n) is 7.13. The molecule has 2 aliphatic heterocycles. The molecule has 0 saturated carbocycles. The molecule has 2 fully saturated rings. The van der Waals surface area contributed by atoms with Crippen LogP contribution in [0.15, 0.2) is 24.3 Å². The second kappa shape index (κ2) is 5.32. The molecule has 2 N–H and O–H groups in total. The predicted molar refractivity (Wildman–Crippen MR) is 78.1 cm³/mol. The standard InChI is InChI=1S/C15H21N3O2/c1-10-7-11-8-16-9-14(11)18(10)15(19)17-12-3-5-13(20-2)6-4-12/h3-6,10-11,14,16H,7-9H2,1-2H3,(H,17,19). The van der Waals surface area contributed by atoms with E-state index in [1.54, 1.807) is 7.11 Å². The van der Waals surface area contributed by atoms with E-state index in [4.69, 9.17) is 4.74 Å². The SMILES string of the molecule is COc1ccc(NC(=O)N2C(C)CC3CNCC32)cc1. The Morgan fingerprint density at radius 2 is 2.10 bits per heavy atom. The summed E-state index contributed by atoms with van der Waals surface area (Å²) in [5, 5.41) is 6.35. The van der Waals surface area contributed by atoms with Gasteiger partial charge in [0.15, 0.2) is 0 Å². The zero-order valence-corrected chi connectivity index (χ0v) is 11.9. The van der Waals surface area contributed by atoms with Crippen LogP contribution in [-0.2, 0) is 0 Å². The minimum atomic E-state index is -0.00105. The number of benzene rings is 1. The zero-order valence-electron chi connectivity index (χ0n) is 11.9. The van der Waals surface area contributed by atoms with Crippen molar-refractivity contribution in [3.05, 3.63) is 24.3 Å². The maximum atomic E-state index is 12.5. The van der Waals surface area contributed by atoms with Gasteiger partial charge in [0.1, 0.15) is 5.75 Å². The second-order valence-corrected chi connectivity index (χ2v) is 5.64. The van der Waals surface area contributed by atoms with E-state index in [1.807, 2.05) is 29.2 Å². The highest BCUT2D eigenvalue weighted by Gasteiger charge is 2.44. The number of methoxy groups -OCH3 is 1. The van der Waals surface area contributed by atoms with Crippen LogP contribution in [0.1, 0.15) is 13.3 Å². The van der Waals surface area contributed by atoms with Crippen molar-refractivity contribution >= 4 is 11.7 Å². The third-order valence-corrected chi connectivity index (χ3v) is 4.36. The van der Waals surface area contributed by atoms with Gasteiger partial charge in [0, 0.05) is 24.8 Å². The lowest BCUT2D eigenvalue weighted by Crippen LogP contribution is -2.45. The lowest BCUT2D eigenvalue weighted by molar-refractivity contribution is 0.190. The van der Waals surface area contributed by atoms with Crippen molar-refractivity contribution in [2.75, 3.05) is 25.5 Å². The highest BCUT2D eigenvalue weighted by molar-refractivity contribution is 5.90. The van der Waals surface area contributed by atoms with Crippen LogP contribution >= 0.6 is 0 Å². The zero-order chi connectivity index (χ0) is 14.1. The first-order chi connectivity index (χ1) is 9.69. The molecule has 3 unspecified atom stereocenters. The number of likely N-dealkylation sites (tertiary alicyclic amines) is 1. The highest BCUT2D eigenvalue weighted by atomic mass is 16.5. The van der Waals surface area contributed by atoms with E-state index >= 15 is 0 Å². The Balaban J connectivity index is 1.69. The van der Waals surface area contributed by atoms with Crippen molar-refractivity contribution in [2.24, 2.45) is 5.92 Å². The molecule has 2 amide bonds. The molecule has 0 radical (unpaired) electrons. The molecular weight excluding hydrogens is 254 g/mol. The lowest BCUT2D eigenvalue weighted by atomic mass is 10.0. The number of fused-ring (bicyclic) bond motifs is 1. The van der Waals surface area contributed by atoms with Gasteiger partial charge >= 0.3 is 6.03 Å². The molecule has 2 saturated heterocycles. The normalized spacial score (nSPS) is 28.3. The van der Waals surface area contributed by atoms with Crippen LogP contribution in [0.3, 0.4) is 0 Å². The summed E-state index contributed by atoms with van der Waals surface area (Å²) in [6.07, 6.45) is 1.09. The van der Waals surface area contributed by atoms with E-state index in [-0.39, 0.29) is 6.03 Å². The van der Waals surface area contributed by atoms with Gasteiger partial charge in [-0.05, 0) is 43.5 Å². The molecule has 3 rings (SSSR count). The Labute approximate surface area is 119 Å². The van der Waals surface area contributed by atoms with Crippen molar-refractivity contribution in [3.63, 3.8) is 0 Å². The highest BCUT2D eigenvalue weighted by Crippen LogP contribution is 2.32. The molecular formula is C15H21N3O2. The van der Waals surface area contributed by atoms with Crippen LogP contribution in [0.25, 0.3) is 0 Å². The van der Waals surface area contributed by atoms with Crippen molar-refractivity contribution in [2.45, 2.75) is 25.4 Å². The van der Waals surface area contributed by atoms with E-state index < -0.39 is 0 Å². The van der Waals surface area contributed by atoms with Gasteiger partial charge in [0.2, 0.25) is 0 Å². The maximum absolute atomic E-state index is 12.5. The number of amides is 2. The van der Waals surface area contributed by atoms with E-state index in [0.717, 1.165) is 30.9 Å². The number of ether oxygens (including phenoxy) is 1. The average Bonchev–Trinajstić information content (AvgIpc) is 2.99. The Kier molecular flexibility index (Phi) is 3.53. The van der Waals surface area contributed by atoms with Crippen molar-refractivity contribution in [3.8, 4) is 5.75 Å². The van der Waals surface area contributed by atoms with Crippen molar-refractivity contribution in [1.82, 2.24) is 10.2 Å². The van der Waals surface area contributed by atoms with Gasteiger partial charge in [-0.15, -0.1) is 0 Å². The number of anilines is 1. The van der Waals surface area contributed by atoms with Crippen molar-refractivity contribution < 1.29 is 9.53 Å². The minimum absolute atomic E-state index is 0.00105. The smallest absolute Gasteiger partial charge is 0.322 e. The molecule has 2 heterocycles. The quantitative estimate of drug-likeness (QED) is 0.867. The first-order valence-corrected chi connectivity index (χ1v) is 7.13. The van der Waals surface area contributed by atoms with Gasteiger partial charge in [0.05, 0.1) is 13.2 Å². The number of carbonyl (C=O) groups is 1. The fourth-order valence-corrected chi connectivity index (χ4v) is 3.38. The van der Waals surface area contributed by atoms with E-state index in [2.05, 4.69) is 17.6 Å². The Morgan fingerprint density at radius 3 is 2.80 bits per heavy atom. The molecule has 108 valence electrons. The summed E-state index contributed by atoms with van der Waals surface area (Å²) in [4.78, 5) is 14.5. The summed E-state index contributed by atoms with van der Waals surface area (Å²) in [6.45, 7) is 4.07. The third kappa shape index (κ3) is 2.33. The Morgan fingerprint density at radius 1 is 1.35 bits per heavy atom. The average molecular weight is 275 g/mol. The van der Waals surface area contributed by atoms with Gasteiger partial charge in [-0.1, -0.05) is 0 Å². The van der Waals surface area contributed by atoms with Crippen LogP contribution < -0.4 is 15.4 Å². The van der Waals surface area contributed by atoms with Crippen LogP contribution in [0.4, 0.5) is 10.5 Å². The molecule has 3 atom stereocenters. The van der Waals surface area contributed by atoms with Crippen LogP contribution in [0.2, 0.25) is 0 Å².